The minimum absolute atomic E-state index is 0.240. The Morgan fingerprint density at radius 3 is 2.77 bits per heavy atom. The third-order valence-corrected chi connectivity index (χ3v) is 8.91. The van der Waals surface area contributed by atoms with Gasteiger partial charge in [0.15, 0.2) is 0 Å². The van der Waals surface area contributed by atoms with Crippen LogP contribution in [0.25, 0.3) is 10.1 Å². The van der Waals surface area contributed by atoms with Gasteiger partial charge in [0, 0.05) is 28.0 Å². The molecule has 8 heteroatoms. The van der Waals surface area contributed by atoms with Crippen molar-refractivity contribution in [3.63, 3.8) is 0 Å². The minimum atomic E-state index is -3.87. The number of hydrogen-bond donors (Lipinski definition) is 1. The SMILES string of the molecule is Cc1c(S(=O)(=O)N(Cl)c2ccc3c(c2)CCNC3)sc2ccc(Cl)cc12. The molecule has 0 radical (unpaired) electrons. The number of halogens is 2. The van der Waals surface area contributed by atoms with Crippen molar-refractivity contribution in [2.45, 2.75) is 24.1 Å². The fraction of sp³-hybridized carbons (Fsp3) is 0.222. The molecule has 1 aliphatic heterocycles. The normalized spacial score (nSPS) is 14.4. The predicted octanol–water partition coefficient (Wildman–Crippen LogP) is 4.86. The maximum atomic E-state index is 13.1. The van der Waals surface area contributed by atoms with Crippen molar-refractivity contribution in [1.82, 2.24) is 5.32 Å². The van der Waals surface area contributed by atoms with Gasteiger partial charge in [-0.2, -0.15) is 12.2 Å². The van der Waals surface area contributed by atoms with E-state index >= 15 is 0 Å². The summed E-state index contributed by atoms with van der Waals surface area (Å²) in [7, 11) is -3.87. The second-order valence-electron chi connectivity index (χ2n) is 6.25. The first-order valence-electron chi connectivity index (χ1n) is 8.10. The molecule has 3 aromatic rings. The van der Waals surface area contributed by atoms with Crippen LogP contribution in [0.3, 0.4) is 0 Å². The van der Waals surface area contributed by atoms with Gasteiger partial charge in [-0.3, -0.25) is 0 Å². The summed E-state index contributed by atoms with van der Waals surface area (Å²) in [5.41, 5.74) is 3.43. The van der Waals surface area contributed by atoms with Crippen molar-refractivity contribution in [2.24, 2.45) is 0 Å². The summed E-state index contributed by atoms with van der Waals surface area (Å²) in [6, 6.07) is 10.9. The van der Waals surface area contributed by atoms with Crippen LogP contribution in [0.2, 0.25) is 5.02 Å². The lowest BCUT2D eigenvalue weighted by Gasteiger charge is -2.21. The van der Waals surface area contributed by atoms with Gasteiger partial charge in [0.25, 0.3) is 10.0 Å². The van der Waals surface area contributed by atoms with Crippen molar-refractivity contribution in [1.29, 1.82) is 0 Å². The number of benzene rings is 2. The minimum Gasteiger partial charge on any atom is -0.312 e. The van der Waals surface area contributed by atoms with E-state index in [0.717, 1.165) is 39.0 Å². The second kappa shape index (κ2) is 6.69. The summed E-state index contributed by atoms with van der Waals surface area (Å²) in [6.45, 7) is 3.45. The third kappa shape index (κ3) is 3.00. The van der Waals surface area contributed by atoms with E-state index in [1.165, 1.54) is 16.9 Å². The molecule has 0 amide bonds. The van der Waals surface area contributed by atoms with Gasteiger partial charge in [0.05, 0.1) is 5.69 Å². The van der Waals surface area contributed by atoms with E-state index in [1.54, 1.807) is 25.1 Å². The van der Waals surface area contributed by atoms with Crippen LogP contribution in [0, 0.1) is 6.92 Å². The number of nitrogens with one attached hydrogen (secondary N) is 1. The lowest BCUT2D eigenvalue weighted by molar-refractivity contribution is 0.599. The van der Waals surface area contributed by atoms with E-state index in [1.807, 2.05) is 18.2 Å². The van der Waals surface area contributed by atoms with Crippen LogP contribution >= 0.6 is 34.7 Å². The van der Waals surface area contributed by atoms with Gasteiger partial charge in [-0.1, -0.05) is 17.7 Å². The summed E-state index contributed by atoms with van der Waals surface area (Å²) in [5, 5.41) is 4.71. The molecule has 0 atom stereocenters. The van der Waals surface area contributed by atoms with E-state index in [4.69, 9.17) is 23.4 Å². The number of sulfonamides is 1. The first-order chi connectivity index (χ1) is 12.4. The number of rotatable bonds is 3. The van der Waals surface area contributed by atoms with Crippen molar-refractivity contribution in [2.75, 3.05) is 10.4 Å². The Hall–Kier alpha value is -1.31. The Kier molecular flexibility index (Phi) is 4.65. The van der Waals surface area contributed by atoms with Crippen LogP contribution in [-0.4, -0.2) is 15.0 Å². The van der Waals surface area contributed by atoms with E-state index in [2.05, 4.69) is 5.32 Å². The molecule has 0 spiro atoms. The van der Waals surface area contributed by atoms with Crippen LogP contribution in [0.1, 0.15) is 16.7 Å². The second-order valence-corrected chi connectivity index (χ2v) is 10.3. The molecule has 4 nitrogen and oxygen atoms in total. The molecule has 26 heavy (non-hydrogen) atoms. The summed E-state index contributed by atoms with van der Waals surface area (Å²) in [4.78, 5) is 0. The zero-order chi connectivity index (χ0) is 18.5. The topological polar surface area (TPSA) is 49.4 Å². The highest BCUT2D eigenvalue weighted by Gasteiger charge is 2.29. The smallest absolute Gasteiger partial charge is 0.287 e. The molecular weight excluding hydrogens is 411 g/mol. The number of anilines is 1. The van der Waals surface area contributed by atoms with Gasteiger partial charge >= 0.3 is 0 Å². The number of aryl methyl sites for hydroxylation is 1. The van der Waals surface area contributed by atoms with Gasteiger partial charge in [-0.05, 0) is 72.3 Å². The quantitative estimate of drug-likeness (QED) is 0.608. The lowest BCUT2D eigenvalue weighted by atomic mass is 10.0. The first-order valence-corrected chi connectivity index (χ1v) is 11.1. The van der Waals surface area contributed by atoms with E-state index in [-0.39, 0.29) is 4.21 Å². The van der Waals surface area contributed by atoms with E-state index < -0.39 is 10.0 Å². The monoisotopic (exact) mass is 426 g/mol. The fourth-order valence-corrected chi connectivity index (χ4v) is 6.68. The van der Waals surface area contributed by atoms with Gasteiger partial charge in [-0.15, -0.1) is 11.3 Å². The predicted molar refractivity (Wildman–Crippen MR) is 109 cm³/mol. The Balaban J connectivity index is 1.78. The van der Waals surface area contributed by atoms with E-state index in [9.17, 15) is 8.42 Å². The molecule has 136 valence electrons. The fourth-order valence-electron chi connectivity index (χ4n) is 3.20. The molecule has 0 saturated carbocycles. The Labute approximate surface area is 166 Å². The highest BCUT2D eigenvalue weighted by atomic mass is 35.5. The summed E-state index contributed by atoms with van der Waals surface area (Å²) in [6.07, 6.45) is 0.856. The molecule has 0 aliphatic carbocycles. The molecule has 4 rings (SSSR count). The molecule has 1 aromatic heterocycles. The third-order valence-electron chi connectivity index (χ3n) is 4.58. The standard InChI is InChI=1S/C18H16Cl2N2O2S2/c1-11-16-9-14(19)3-5-17(16)25-18(11)26(23,24)22(20)15-4-2-13-10-21-7-6-12(13)8-15/h2-5,8-9,21H,6-7,10H2,1H3. The van der Waals surface area contributed by atoms with Gasteiger partial charge < -0.3 is 5.32 Å². The zero-order valence-corrected chi connectivity index (χ0v) is 17.1. The zero-order valence-electron chi connectivity index (χ0n) is 13.9. The Morgan fingerprint density at radius 1 is 1.15 bits per heavy atom. The maximum Gasteiger partial charge on any atom is 0.287 e. The number of thiophene rings is 1. The number of nitrogens with zero attached hydrogens (tertiary/aromatic N) is 1. The highest BCUT2D eigenvalue weighted by Crippen LogP contribution is 2.39. The summed E-state index contributed by atoms with van der Waals surface area (Å²) in [5.74, 6) is 0. The van der Waals surface area contributed by atoms with Crippen LogP contribution in [0.4, 0.5) is 5.69 Å². The summed E-state index contributed by atoms with van der Waals surface area (Å²) >= 11 is 13.6. The van der Waals surface area contributed by atoms with Crippen LogP contribution < -0.4 is 9.14 Å². The molecule has 0 saturated heterocycles. The average Bonchev–Trinajstić information content (AvgIpc) is 2.97. The van der Waals surface area contributed by atoms with Crippen molar-refractivity contribution < 1.29 is 8.42 Å². The summed E-state index contributed by atoms with van der Waals surface area (Å²) < 4.78 is 28.2. The molecule has 0 bridgehead atoms. The molecule has 2 heterocycles. The highest BCUT2D eigenvalue weighted by molar-refractivity contribution is 7.96. The van der Waals surface area contributed by atoms with Gasteiger partial charge in [0.2, 0.25) is 0 Å². The van der Waals surface area contributed by atoms with Gasteiger partial charge in [0.1, 0.15) is 4.21 Å². The number of hydrogen-bond acceptors (Lipinski definition) is 4. The lowest BCUT2D eigenvalue weighted by Crippen LogP contribution is -2.25. The molecule has 2 aromatic carbocycles. The largest absolute Gasteiger partial charge is 0.312 e. The Morgan fingerprint density at radius 2 is 1.96 bits per heavy atom. The molecule has 1 N–H and O–H groups in total. The average molecular weight is 427 g/mol. The molecular formula is C18H16Cl2N2O2S2. The van der Waals surface area contributed by atoms with Crippen molar-refractivity contribution in [3.05, 3.63) is 58.1 Å². The molecule has 1 aliphatic rings. The first kappa shape index (κ1) is 18.1. The molecule has 0 fully saturated rings. The number of fused-ring (bicyclic) bond motifs is 2. The van der Waals surface area contributed by atoms with E-state index in [0.29, 0.717) is 16.3 Å². The van der Waals surface area contributed by atoms with Crippen molar-refractivity contribution in [3.8, 4) is 0 Å². The van der Waals surface area contributed by atoms with Crippen LogP contribution in [0.15, 0.2) is 40.6 Å². The Bertz CT molecular complexity index is 1110. The molecule has 0 unspecified atom stereocenters. The van der Waals surface area contributed by atoms with Crippen LogP contribution in [0.5, 0.6) is 0 Å². The van der Waals surface area contributed by atoms with Crippen LogP contribution in [-0.2, 0) is 23.0 Å². The van der Waals surface area contributed by atoms with Gasteiger partial charge in [-0.25, -0.2) is 0 Å². The maximum absolute atomic E-state index is 13.1. The van der Waals surface area contributed by atoms with Crippen molar-refractivity contribution >= 4 is 60.5 Å².